The molecule has 8 heteroatoms. The lowest BCUT2D eigenvalue weighted by molar-refractivity contribution is 0.415. The number of aromatic amines is 1. The van der Waals surface area contributed by atoms with E-state index < -0.39 is 10.2 Å². The van der Waals surface area contributed by atoms with Crippen LogP contribution >= 0.6 is 0 Å². The van der Waals surface area contributed by atoms with Gasteiger partial charge in [0.1, 0.15) is 11.6 Å². The molecule has 4 rings (SSSR count). The smallest absolute Gasteiger partial charge is 0.299 e. The largest absolute Gasteiger partial charge is 0.497 e. The molecule has 0 radical (unpaired) electrons. The van der Waals surface area contributed by atoms with Crippen LogP contribution in [-0.4, -0.2) is 32.0 Å². The number of H-pyrrole nitrogens is 1. The lowest BCUT2D eigenvalue weighted by atomic mass is 10.1. The summed E-state index contributed by atoms with van der Waals surface area (Å²) in [6, 6.07) is 26.2. The van der Waals surface area contributed by atoms with Crippen LogP contribution < -0.4 is 14.2 Å². The number of aromatic nitrogens is 2. The van der Waals surface area contributed by atoms with E-state index in [1.54, 1.807) is 31.4 Å². The first-order valence-corrected chi connectivity index (χ1v) is 11.6. The average molecular weight is 449 g/mol. The summed E-state index contributed by atoms with van der Waals surface area (Å²) in [5, 5.41) is 0. The van der Waals surface area contributed by atoms with Crippen molar-refractivity contribution in [2.75, 3.05) is 18.4 Å². The van der Waals surface area contributed by atoms with Gasteiger partial charge in [0.15, 0.2) is 0 Å². The topological polar surface area (TPSA) is 96.1 Å². The standard InChI is InChI=1S/C24H24N4O3S/c1-31-21-14-12-18(13-15-21)23-22(26-24(27-23)19-8-4-2-5-9-19)16-17-25-32(29,30)28-20-10-6-3-7-11-20/h2-15,25,28H,16-17H2,1H3,(H,26,27). The maximum absolute atomic E-state index is 12.4. The van der Waals surface area contributed by atoms with E-state index in [1.165, 1.54) is 0 Å². The predicted octanol–water partition coefficient (Wildman–Crippen LogP) is 4.24. The molecule has 1 aromatic heterocycles. The van der Waals surface area contributed by atoms with Crippen LogP contribution in [-0.2, 0) is 16.6 Å². The zero-order chi connectivity index (χ0) is 22.4. The van der Waals surface area contributed by atoms with Crippen molar-refractivity contribution in [1.29, 1.82) is 0 Å². The highest BCUT2D eigenvalue weighted by Gasteiger charge is 2.15. The second-order valence-electron chi connectivity index (χ2n) is 7.12. The van der Waals surface area contributed by atoms with Crippen LogP contribution in [0.15, 0.2) is 84.9 Å². The van der Waals surface area contributed by atoms with Crippen molar-refractivity contribution in [3.8, 4) is 28.4 Å². The molecule has 0 saturated carbocycles. The Morgan fingerprint density at radius 1 is 0.875 bits per heavy atom. The van der Waals surface area contributed by atoms with Crippen LogP contribution in [0.5, 0.6) is 5.75 Å². The molecular weight excluding hydrogens is 424 g/mol. The van der Waals surface area contributed by atoms with Crippen molar-refractivity contribution < 1.29 is 13.2 Å². The van der Waals surface area contributed by atoms with E-state index in [0.29, 0.717) is 12.1 Å². The minimum Gasteiger partial charge on any atom is -0.497 e. The molecule has 0 unspecified atom stereocenters. The summed E-state index contributed by atoms with van der Waals surface area (Å²) >= 11 is 0. The van der Waals surface area contributed by atoms with Crippen LogP contribution in [0.2, 0.25) is 0 Å². The Labute approximate surface area is 187 Å². The Kier molecular flexibility index (Phi) is 6.53. The first kappa shape index (κ1) is 21.6. The van der Waals surface area contributed by atoms with E-state index in [1.807, 2.05) is 60.7 Å². The molecule has 0 aliphatic heterocycles. The molecule has 0 saturated heterocycles. The lowest BCUT2D eigenvalue weighted by Gasteiger charge is -2.09. The van der Waals surface area contributed by atoms with Gasteiger partial charge in [-0.2, -0.15) is 13.1 Å². The van der Waals surface area contributed by atoms with Gasteiger partial charge < -0.3 is 9.72 Å². The number of nitrogens with zero attached hydrogens (tertiary/aromatic N) is 1. The number of para-hydroxylation sites is 1. The van der Waals surface area contributed by atoms with Crippen LogP contribution in [0.25, 0.3) is 22.6 Å². The summed E-state index contributed by atoms with van der Waals surface area (Å²) in [5.74, 6) is 1.49. The first-order chi connectivity index (χ1) is 15.5. The molecule has 0 spiro atoms. The number of hydrogen-bond donors (Lipinski definition) is 3. The monoisotopic (exact) mass is 448 g/mol. The molecule has 3 N–H and O–H groups in total. The molecular formula is C24H24N4O3S. The van der Waals surface area contributed by atoms with Gasteiger partial charge in [-0.15, -0.1) is 0 Å². The Morgan fingerprint density at radius 2 is 1.53 bits per heavy atom. The zero-order valence-corrected chi connectivity index (χ0v) is 18.4. The Morgan fingerprint density at radius 3 is 2.19 bits per heavy atom. The quantitative estimate of drug-likeness (QED) is 0.357. The fourth-order valence-electron chi connectivity index (χ4n) is 3.32. The number of benzene rings is 3. The van der Waals surface area contributed by atoms with Gasteiger partial charge in [-0.25, -0.2) is 4.98 Å². The van der Waals surface area contributed by atoms with Crippen molar-refractivity contribution >= 4 is 15.9 Å². The summed E-state index contributed by atoms with van der Waals surface area (Å²) in [6.07, 6.45) is 0.441. The van der Waals surface area contributed by atoms with Crippen molar-refractivity contribution in [3.05, 3.63) is 90.6 Å². The maximum atomic E-state index is 12.4. The molecule has 164 valence electrons. The van der Waals surface area contributed by atoms with Crippen molar-refractivity contribution in [3.63, 3.8) is 0 Å². The third-order valence-corrected chi connectivity index (χ3v) is 5.97. The number of hydrogen-bond acceptors (Lipinski definition) is 4. The van der Waals surface area contributed by atoms with Gasteiger partial charge in [0, 0.05) is 35.5 Å². The molecule has 0 fully saturated rings. The van der Waals surface area contributed by atoms with E-state index in [-0.39, 0.29) is 6.54 Å². The predicted molar refractivity (Wildman–Crippen MR) is 127 cm³/mol. The molecule has 0 aliphatic carbocycles. The van der Waals surface area contributed by atoms with Gasteiger partial charge in [-0.3, -0.25) is 4.72 Å². The highest BCUT2D eigenvalue weighted by molar-refractivity contribution is 7.90. The molecule has 4 aromatic rings. The van der Waals surface area contributed by atoms with Crippen LogP contribution in [0.4, 0.5) is 5.69 Å². The molecule has 0 amide bonds. The number of imidazole rings is 1. The molecule has 0 bridgehead atoms. The van der Waals surface area contributed by atoms with Crippen molar-refractivity contribution in [2.45, 2.75) is 6.42 Å². The SMILES string of the molecule is COc1ccc(-c2nc(-c3ccccc3)[nH]c2CCNS(=O)(=O)Nc2ccccc2)cc1. The number of ether oxygens (including phenoxy) is 1. The molecule has 32 heavy (non-hydrogen) atoms. The Bertz CT molecular complexity index is 1260. The van der Waals surface area contributed by atoms with E-state index in [4.69, 9.17) is 9.72 Å². The van der Waals surface area contributed by atoms with Gasteiger partial charge in [0.25, 0.3) is 10.2 Å². The highest BCUT2D eigenvalue weighted by atomic mass is 32.2. The molecule has 1 heterocycles. The number of methoxy groups -OCH3 is 1. The van der Waals surface area contributed by atoms with Crippen LogP contribution in [0.1, 0.15) is 5.69 Å². The van der Waals surface area contributed by atoms with Gasteiger partial charge >= 0.3 is 0 Å². The van der Waals surface area contributed by atoms with E-state index in [2.05, 4.69) is 14.4 Å². The fourth-order valence-corrected chi connectivity index (χ4v) is 4.21. The Balaban J connectivity index is 1.54. The second-order valence-corrected chi connectivity index (χ2v) is 8.62. The Hall–Kier alpha value is -3.62. The number of rotatable bonds is 9. The van der Waals surface area contributed by atoms with Crippen LogP contribution in [0, 0.1) is 0 Å². The van der Waals surface area contributed by atoms with E-state index in [0.717, 1.165) is 34.1 Å². The minimum atomic E-state index is -3.69. The summed E-state index contributed by atoms with van der Waals surface area (Å²) in [6.45, 7) is 0.210. The molecule has 3 aromatic carbocycles. The van der Waals surface area contributed by atoms with Crippen molar-refractivity contribution in [2.24, 2.45) is 0 Å². The molecule has 7 nitrogen and oxygen atoms in total. The van der Waals surface area contributed by atoms with Gasteiger partial charge in [0.2, 0.25) is 0 Å². The fraction of sp³-hybridized carbons (Fsp3) is 0.125. The summed E-state index contributed by atoms with van der Waals surface area (Å²) in [7, 11) is -2.06. The third-order valence-electron chi connectivity index (χ3n) is 4.88. The normalized spacial score (nSPS) is 11.3. The average Bonchev–Trinajstić information content (AvgIpc) is 3.24. The van der Waals surface area contributed by atoms with Gasteiger partial charge in [0.05, 0.1) is 12.8 Å². The molecule has 0 atom stereocenters. The summed E-state index contributed by atoms with van der Waals surface area (Å²) in [5.41, 5.74) is 4.01. The van der Waals surface area contributed by atoms with Gasteiger partial charge in [-0.05, 0) is 36.4 Å². The first-order valence-electron chi connectivity index (χ1n) is 10.2. The summed E-state index contributed by atoms with van der Waals surface area (Å²) in [4.78, 5) is 8.16. The van der Waals surface area contributed by atoms with Crippen LogP contribution in [0.3, 0.4) is 0 Å². The highest BCUT2D eigenvalue weighted by Crippen LogP contribution is 2.28. The zero-order valence-electron chi connectivity index (χ0n) is 17.6. The van der Waals surface area contributed by atoms with Crippen molar-refractivity contribution in [1.82, 2.24) is 14.7 Å². The maximum Gasteiger partial charge on any atom is 0.299 e. The van der Waals surface area contributed by atoms with E-state index >= 15 is 0 Å². The number of nitrogens with one attached hydrogen (secondary N) is 3. The second kappa shape index (κ2) is 9.67. The lowest BCUT2D eigenvalue weighted by Crippen LogP contribution is -2.31. The summed E-state index contributed by atoms with van der Waals surface area (Å²) < 4.78 is 35.1. The van der Waals surface area contributed by atoms with E-state index in [9.17, 15) is 8.42 Å². The minimum absolute atomic E-state index is 0.210. The van der Waals surface area contributed by atoms with Gasteiger partial charge in [-0.1, -0.05) is 48.5 Å². The number of anilines is 1. The third kappa shape index (κ3) is 5.35. The molecule has 0 aliphatic rings.